The number of anilines is 1. The van der Waals surface area contributed by atoms with E-state index in [2.05, 4.69) is 15.7 Å². The number of aromatic nitrogens is 2. The maximum Gasteiger partial charge on any atom is 0.325 e. The number of carbonyl (C=O) groups excluding carboxylic acids is 3. The largest absolute Gasteiger partial charge is 0.325 e. The highest BCUT2D eigenvalue weighted by Gasteiger charge is 2.55. The van der Waals surface area contributed by atoms with Crippen LogP contribution >= 0.6 is 23.2 Å². The first-order valence-electron chi connectivity index (χ1n) is 10.2. The molecule has 164 valence electrons. The van der Waals surface area contributed by atoms with Gasteiger partial charge in [0.2, 0.25) is 5.91 Å². The fraction of sp³-hybridized carbons (Fsp3) is 0.429. The number of imide groups is 1. The quantitative estimate of drug-likeness (QED) is 0.660. The molecule has 1 spiro atoms. The lowest BCUT2D eigenvalue weighted by Crippen LogP contribution is -2.54. The van der Waals surface area contributed by atoms with Crippen molar-refractivity contribution in [2.45, 2.75) is 44.7 Å². The number of urea groups is 1. The topological polar surface area (TPSA) is 96.3 Å². The molecule has 8 nitrogen and oxygen atoms in total. The predicted octanol–water partition coefficient (Wildman–Crippen LogP) is 3.68. The highest BCUT2D eigenvalue weighted by molar-refractivity contribution is 6.35. The third kappa shape index (κ3) is 4.14. The van der Waals surface area contributed by atoms with E-state index in [9.17, 15) is 14.4 Å². The van der Waals surface area contributed by atoms with Gasteiger partial charge in [-0.05, 0) is 36.5 Å². The molecule has 2 N–H and O–H groups in total. The second kappa shape index (κ2) is 8.51. The van der Waals surface area contributed by atoms with Crippen molar-refractivity contribution in [3.05, 3.63) is 46.1 Å². The number of rotatable bonds is 5. The first-order valence-corrected chi connectivity index (χ1v) is 11.0. The van der Waals surface area contributed by atoms with E-state index in [4.69, 9.17) is 23.2 Å². The maximum atomic E-state index is 13.0. The van der Waals surface area contributed by atoms with Crippen molar-refractivity contribution in [1.82, 2.24) is 20.0 Å². The number of nitrogens with one attached hydrogen (secondary N) is 2. The number of hydrogen-bond acceptors (Lipinski definition) is 4. The van der Waals surface area contributed by atoms with Gasteiger partial charge >= 0.3 is 6.03 Å². The summed E-state index contributed by atoms with van der Waals surface area (Å²) < 4.78 is 1.57. The van der Waals surface area contributed by atoms with Crippen LogP contribution in [0.2, 0.25) is 10.0 Å². The predicted molar refractivity (Wildman–Crippen MR) is 117 cm³/mol. The molecule has 1 aliphatic carbocycles. The Morgan fingerprint density at radius 2 is 2.10 bits per heavy atom. The highest BCUT2D eigenvalue weighted by atomic mass is 35.5. The monoisotopic (exact) mass is 463 g/mol. The van der Waals surface area contributed by atoms with Crippen molar-refractivity contribution >= 4 is 46.9 Å². The maximum absolute atomic E-state index is 13.0. The van der Waals surface area contributed by atoms with Crippen molar-refractivity contribution in [2.75, 3.05) is 11.9 Å². The lowest BCUT2D eigenvalue weighted by atomic mass is 9.73. The molecule has 2 aliphatic rings. The number of carbonyl (C=O) groups is 3. The minimum Gasteiger partial charge on any atom is -0.323 e. The summed E-state index contributed by atoms with van der Waals surface area (Å²) in [6, 6.07) is 6.27. The van der Waals surface area contributed by atoms with Gasteiger partial charge in [-0.1, -0.05) is 49.0 Å². The number of amides is 4. The smallest absolute Gasteiger partial charge is 0.323 e. The van der Waals surface area contributed by atoms with E-state index in [-0.39, 0.29) is 18.4 Å². The molecule has 31 heavy (non-hydrogen) atoms. The van der Waals surface area contributed by atoms with Crippen LogP contribution in [0.3, 0.4) is 0 Å². The van der Waals surface area contributed by atoms with Gasteiger partial charge in [-0.25, -0.2) is 9.48 Å². The third-order valence-electron chi connectivity index (χ3n) is 6.12. The standard InChI is InChI=1S/C21H23Cl2N5O3/c1-13-4-2-3-8-21(13)19(30)27(20(31)26-21)12-18(29)25-17-7-9-24-28(17)11-14-5-6-15(22)10-16(14)23/h5-7,9-10,13H,2-4,8,11-12H2,1H3,(H,25,29)(H,26,31). The molecule has 1 saturated heterocycles. The fourth-order valence-electron chi connectivity index (χ4n) is 4.34. The van der Waals surface area contributed by atoms with Crippen LogP contribution in [0.5, 0.6) is 0 Å². The molecular formula is C21H23Cl2N5O3. The van der Waals surface area contributed by atoms with E-state index >= 15 is 0 Å². The van der Waals surface area contributed by atoms with Crippen molar-refractivity contribution in [2.24, 2.45) is 5.92 Å². The Morgan fingerprint density at radius 1 is 1.29 bits per heavy atom. The summed E-state index contributed by atoms with van der Waals surface area (Å²) in [6.07, 6.45) is 4.94. The second-order valence-corrected chi connectivity index (χ2v) is 8.94. The highest BCUT2D eigenvalue weighted by Crippen LogP contribution is 2.38. The van der Waals surface area contributed by atoms with Crippen LogP contribution in [-0.4, -0.2) is 44.6 Å². The van der Waals surface area contributed by atoms with Gasteiger partial charge in [0, 0.05) is 16.1 Å². The Hall–Kier alpha value is -2.58. The molecular weight excluding hydrogens is 441 g/mol. The first-order chi connectivity index (χ1) is 14.8. The van der Waals surface area contributed by atoms with Crippen LogP contribution < -0.4 is 10.6 Å². The summed E-state index contributed by atoms with van der Waals surface area (Å²) in [5, 5.41) is 10.8. The molecule has 2 atom stereocenters. The lowest BCUT2D eigenvalue weighted by Gasteiger charge is -2.36. The lowest BCUT2D eigenvalue weighted by molar-refractivity contribution is -0.136. The Kier molecular flexibility index (Phi) is 5.94. The van der Waals surface area contributed by atoms with Gasteiger partial charge < -0.3 is 10.6 Å². The Labute approximate surface area is 189 Å². The summed E-state index contributed by atoms with van der Waals surface area (Å²) in [4.78, 5) is 39.2. The second-order valence-electron chi connectivity index (χ2n) is 8.10. The van der Waals surface area contributed by atoms with Gasteiger partial charge in [0.1, 0.15) is 17.9 Å². The summed E-state index contributed by atoms with van der Waals surface area (Å²) in [5.41, 5.74) is -0.101. The van der Waals surface area contributed by atoms with Gasteiger partial charge in [-0.3, -0.25) is 14.5 Å². The average molecular weight is 464 g/mol. The Balaban J connectivity index is 1.43. The van der Waals surface area contributed by atoms with Gasteiger partial charge in [-0.15, -0.1) is 0 Å². The Bertz CT molecular complexity index is 1040. The normalized spacial score (nSPS) is 23.3. The number of benzene rings is 1. The van der Waals surface area contributed by atoms with Crippen LogP contribution in [0.4, 0.5) is 10.6 Å². The van der Waals surface area contributed by atoms with Gasteiger partial charge in [0.05, 0.1) is 12.7 Å². The Morgan fingerprint density at radius 3 is 2.84 bits per heavy atom. The molecule has 0 radical (unpaired) electrons. The number of nitrogens with zero attached hydrogens (tertiary/aromatic N) is 3. The van der Waals surface area contributed by atoms with E-state index in [1.54, 1.807) is 35.1 Å². The zero-order valence-corrected chi connectivity index (χ0v) is 18.5. The van der Waals surface area contributed by atoms with E-state index in [1.807, 2.05) is 6.92 Å². The molecule has 1 aromatic carbocycles. The summed E-state index contributed by atoms with van der Waals surface area (Å²) >= 11 is 12.2. The molecule has 2 unspecified atom stereocenters. The molecule has 4 amide bonds. The van der Waals surface area contributed by atoms with E-state index in [0.717, 1.165) is 29.7 Å². The van der Waals surface area contributed by atoms with Crippen LogP contribution in [0.15, 0.2) is 30.5 Å². The van der Waals surface area contributed by atoms with Crippen LogP contribution in [0, 0.1) is 5.92 Å². The van der Waals surface area contributed by atoms with E-state index in [0.29, 0.717) is 28.8 Å². The molecule has 1 aromatic heterocycles. The molecule has 0 bridgehead atoms. The van der Waals surface area contributed by atoms with Crippen molar-refractivity contribution in [3.8, 4) is 0 Å². The molecule has 10 heteroatoms. The van der Waals surface area contributed by atoms with E-state index in [1.165, 1.54) is 0 Å². The first kappa shape index (κ1) is 21.6. The van der Waals surface area contributed by atoms with Crippen LogP contribution in [-0.2, 0) is 16.1 Å². The SMILES string of the molecule is CC1CCCCC12NC(=O)N(CC(=O)Nc1ccnn1Cc1ccc(Cl)cc1Cl)C2=O. The van der Waals surface area contributed by atoms with Crippen molar-refractivity contribution in [3.63, 3.8) is 0 Å². The van der Waals surface area contributed by atoms with Gasteiger partial charge in [-0.2, -0.15) is 5.10 Å². The zero-order valence-electron chi connectivity index (χ0n) is 17.0. The van der Waals surface area contributed by atoms with Crippen molar-refractivity contribution in [1.29, 1.82) is 0 Å². The molecule has 2 aromatic rings. The zero-order chi connectivity index (χ0) is 22.2. The van der Waals surface area contributed by atoms with Crippen LogP contribution in [0.1, 0.15) is 38.2 Å². The van der Waals surface area contributed by atoms with Crippen molar-refractivity contribution < 1.29 is 14.4 Å². The molecule has 1 saturated carbocycles. The minimum absolute atomic E-state index is 0.0383. The molecule has 1 aliphatic heterocycles. The molecule has 2 heterocycles. The molecule has 4 rings (SSSR count). The summed E-state index contributed by atoms with van der Waals surface area (Å²) in [6.45, 7) is 1.94. The average Bonchev–Trinajstić information content (AvgIpc) is 3.24. The number of halogens is 2. The third-order valence-corrected chi connectivity index (χ3v) is 6.71. The van der Waals surface area contributed by atoms with Gasteiger partial charge in [0.15, 0.2) is 0 Å². The molecule has 2 fully saturated rings. The van der Waals surface area contributed by atoms with Crippen LogP contribution in [0.25, 0.3) is 0 Å². The van der Waals surface area contributed by atoms with Gasteiger partial charge in [0.25, 0.3) is 5.91 Å². The van der Waals surface area contributed by atoms with E-state index < -0.39 is 17.5 Å². The number of hydrogen-bond donors (Lipinski definition) is 2. The summed E-state index contributed by atoms with van der Waals surface area (Å²) in [7, 11) is 0. The fourth-order valence-corrected chi connectivity index (χ4v) is 4.81. The summed E-state index contributed by atoms with van der Waals surface area (Å²) in [5.74, 6) is -0.325. The minimum atomic E-state index is -0.886.